The van der Waals surface area contributed by atoms with Crippen LogP contribution in [0.4, 0.5) is 0 Å². The third-order valence-corrected chi connectivity index (χ3v) is 8.63. The van der Waals surface area contributed by atoms with Crippen molar-refractivity contribution in [2.24, 2.45) is 34.0 Å². The van der Waals surface area contributed by atoms with E-state index in [9.17, 15) is 9.90 Å². The summed E-state index contributed by atoms with van der Waals surface area (Å²) in [5.41, 5.74) is 1.50. The fourth-order valence-electron chi connectivity index (χ4n) is 7.70. The van der Waals surface area contributed by atoms with Crippen LogP contribution < -0.4 is 0 Å². The van der Waals surface area contributed by atoms with E-state index in [2.05, 4.69) is 19.9 Å². The standard InChI is InChI=1S/C21H32O3/c1-19-8-4-9-20(2,18(23)24-3)16(19)7-10-21-11-14(5-6-17(19)21)15(12-21)13-22/h12,14,16-17,22H,4-11,13H2,1-3H3/t14-,16+,17+,19-,20+,21+/m1/s1. The number of fused-ring (bicyclic) bond motifs is 3. The molecule has 3 fully saturated rings. The molecule has 4 aliphatic carbocycles. The molecule has 3 saturated carbocycles. The lowest BCUT2D eigenvalue weighted by atomic mass is 9.41. The monoisotopic (exact) mass is 332 g/mol. The van der Waals surface area contributed by atoms with Crippen molar-refractivity contribution < 1.29 is 14.6 Å². The van der Waals surface area contributed by atoms with Gasteiger partial charge in [0.25, 0.3) is 0 Å². The minimum atomic E-state index is -0.317. The Bertz CT molecular complexity index is 582. The normalized spacial score (nSPS) is 49.8. The van der Waals surface area contributed by atoms with Crippen molar-refractivity contribution >= 4 is 5.97 Å². The summed E-state index contributed by atoms with van der Waals surface area (Å²) in [6, 6.07) is 0. The second-order valence-electron chi connectivity index (χ2n) is 9.50. The van der Waals surface area contributed by atoms with Crippen molar-refractivity contribution in [3.05, 3.63) is 11.6 Å². The maximum absolute atomic E-state index is 12.6. The van der Waals surface area contributed by atoms with Gasteiger partial charge in [-0.2, -0.15) is 0 Å². The van der Waals surface area contributed by atoms with Crippen LogP contribution in [-0.4, -0.2) is 24.8 Å². The Morgan fingerprint density at radius 3 is 2.71 bits per heavy atom. The molecule has 3 heteroatoms. The number of carbonyl (C=O) groups excluding carboxylic acids is 1. The van der Waals surface area contributed by atoms with Crippen molar-refractivity contribution in [2.45, 2.75) is 65.2 Å². The summed E-state index contributed by atoms with van der Waals surface area (Å²) in [7, 11) is 1.54. The van der Waals surface area contributed by atoms with Gasteiger partial charge in [-0.1, -0.05) is 19.4 Å². The van der Waals surface area contributed by atoms with Crippen LogP contribution in [0.5, 0.6) is 0 Å². The molecule has 1 N–H and O–H groups in total. The second-order valence-corrected chi connectivity index (χ2v) is 9.50. The molecule has 0 aromatic heterocycles. The molecule has 3 nitrogen and oxygen atoms in total. The number of allylic oxidation sites excluding steroid dienone is 1. The highest BCUT2D eigenvalue weighted by Gasteiger charge is 2.64. The fourth-order valence-corrected chi connectivity index (χ4v) is 7.70. The van der Waals surface area contributed by atoms with Gasteiger partial charge in [0.05, 0.1) is 19.1 Å². The molecule has 1 spiro atoms. The number of esters is 1. The average molecular weight is 332 g/mol. The van der Waals surface area contributed by atoms with Crippen LogP contribution >= 0.6 is 0 Å². The lowest BCUT2D eigenvalue weighted by Gasteiger charge is -2.63. The molecule has 0 amide bonds. The zero-order valence-electron chi connectivity index (χ0n) is 15.4. The first-order valence-electron chi connectivity index (χ1n) is 9.80. The molecular weight excluding hydrogens is 300 g/mol. The van der Waals surface area contributed by atoms with Crippen LogP contribution in [0.25, 0.3) is 0 Å². The van der Waals surface area contributed by atoms with Gasteiger partial charge in [0, 0.05) is 0 Å². The molecule has 24 heavy (non-hydrogen) atoms. The summed E-state index contributed by atoms with van der Waals surface area (Å²) in [4.78, 5) is 12.6. The van der Waals surface area contributed by atoms with Gasteiger partial charge in [-0.25, -0.2) is 0 Å². The minimum absolute atomic E-state index is 0.000993. The Labute approximate surface area is 145 Å². The fraction of sp³-hybridized carbons (Fsp3) is 0.857. The summed E-state index contributed by atoms with van der Waals surface area (Å²) >= 11 is 0. The largest absolute Gasteiger partial charge is 0.469 e. The smallest absolute Gasteiger partial charge is 0.311 e. The number of hydrogen-bond acceptors (Lipinski definition) is 3. The molecular formula is C21H32O3. The molecule has 0 unspecified atom stereocenters. The van der Waals surface area contributed by atoms with E-state index in [0.29, 0.717) is 23.2 Å². The van der Waals surface area contributed by atoms with Crippen LogP contribution in [0.3, 0.4) is 0 Å². The quantitative estimate of drug-likeness (QED) is 0.612. The number of aliphatic hydroxyl groups is 1. The Hall–Kier alpha value is -0.830. The molecule has 0 aliphatic heterocycles. The van der Waals surface area contributed by atoms with E-state index in [1.807, 2.05) is 0 Å². The van der Waals surface area contributed by atoms with E-state index in [0.717, 1.165) is 19.3 Å². The number of ether oxygens (including phenoxy) is 1. The van der Waals surface area contributed by atoms with Crippen LogP contribution in [0, 0.1) is 34.0 Å². The third-order valence-electron chi connectivity index (χ3n) is 8.63. The average Bonchev–Trinajstić information content (AvgIpc) is 2.84. The van der Waals surface area contributed by atoms with Gasteiger partial charge in [-0.3, -0.25) is 4.79 Å². The maximum Gasteiger partial charge on any atom is 0.311 e. The molecule has 0 aromatic rings. The van der Waals surface area contributed by atoms with Gasteiger partial charge in [-0.15, -0.1) is 0 Å². The van der Waals surface area contributed by atoms with E-state index in [1.54, 1.807) is 7.11 Å². The van der Waals surface area contributed by atoms with E-state index < -0.39 is 0 Å². The van der Waals surface area contributed by atoms with Gasteiger partial charge in [-0.05, 0) is 86.0 Å². The highest BCUT2D eigenvalue weighted by molar-refractivity contribution is 5.77. The molecule has 0 radical (unpaired) electrons. The second kappa shape index (κ2) is 5.33. The number of aliphatic hydroxyl groups excluding tert-OH is 1. The predicted molar refractivity (Wildman–Crippen MR) is 93.2 cm³/mol. The summed E-state index contributed by atoms with van der Waals surface area (Å²) in [5, 5.41) is 9.75. The van der Waals surface area contributed by atoms with Gasteiger partial charge < -0.3 is 9.84 Å². The molecule has 4 rings (SSSR count). The Morgan fingerprint density at radius 2 is 2.00 bits per heavy atom. The van der Waals surface area contributed by atoms with Crippen molar-refractivity contribution in [1.29, 1.82) is 0 Å². The van der Waals surface area contributed by atoms with Crippen LogP contribution in [0.2, 0.25) is 0 Å². The Balaban J connectivity index is 1.73. The van der Waals surface area contributed by atoms with E-state index in [-0.39, 0.29) is 23.4 Å². The molecule has 0 saturated heterocycles. The number of rotatable bonds is 2. The number of hydrogen-bond donors (Lipinski definition) is 1. The summed E-state index contributed by atoms with van der Waals surface area (Å²) < 4.78 is 5.23. The van der Waals surface area contributed by atoms with E-state index in [4.69, 9.17) is 4.74 Å². The highest BCUT2D eigenvalue weighted by Crippen LogP contribution is 2.70. The van der Waals surface area contributed by atoms with Gasteiger partial charge in [0.15, 0.2) is 0 Å². The van der Waals surface area contributed by atoms with E-state index in [1.165, 1.54) is 37.7 Å². The summed E-state index contributed by atoms with van der Waals surface area (Å²) in [6.45, 7) is 4.86. The lowest BCUT2D eigenvalue weighted by Crippen LogP contribution is -2.58. The first kappa shape index (κ1) is 16.6. The van der Waals surface area contributed by atoms with Crippen molar-refractivity contribution in [3.8, 4) is 0 Å². The van der Waals surface area contributed by atoms with Crippen molar-refractivity contribution in [2.75, 3.05) is 13.7 Å². The number of methoxy groups -OCH3 is 1. The SMILES string of the molecule is COC(=O)[C@@]1(C)CCC[C@@]2(C)[C@@H]3CC[C@@H]4C[C@]3(C=C4CO)CC[C@@H]21. The molecule has 6 atom stereocenters. The van der Waals surface area contributed by atoms with Crippen LogP contribution in [-0.2, 0) is 9.53 Å². The maximum atomic E-state index is 12.6. The Kier molecular flexibility index (Phi) is 3.69. The highest BCUT2D eigenvalue weighted by atomic mass is 16.5. The zero-order chi connectivity index (χ0) is 17.2. The summed E-state index contributed by atoms with van der Waals surface area (Å²) in [6.07, 6.45) is 11.8. The topological polar surface area (TPSA) is 46.5 Å². The van der Waals surface area contributed by atoms with Gasteiger partial charge in [0.2, 0.25) is 0 Å². The van der Waals surface area contributed by atoms with Gasteiger partial charge in [0.1, 0.15) is 0 Å². The van der Waals surface area contributed by atoms with Crippen molar-refractivity contribution in [1.82, 2.24) is 0 Å². The van der Waals surface area contributed by atoms with Crippen LogP contribution in [0.15, 0.2) is 11.6 Å². The molecule has 0 aromatic carbocycles. The van der Waals surface area contributed by atoms with Crippen LogP contribution in [0.1, 0.15) is 65.2 Å². The minimum Gasteiger partial charge on any atom is -0.469 e. The predicted octanol–water partition coefficient (Wildman–Crippen LogP) is 4.10. The number of carbonyl (C=O) groups is 1. The molecule has 134 valence electrons. The Morgan fingerprint density at radius 1 is 1.21 bits per heavy atom. The molecule has 0 heterocycles. The van der Waals surface area contributed by atoms with Gasteiger partial charge >= 0.3 is 5.97 Å². The van der Waals surface area contributed by atoms with E-state index >= 15 is 0 Å². The van der Waals surface area contributed by atoms with Crippen molar-refractivity contribution in [3.63, 3.8) is 0 Å². The first-order chi connectivity index (χ1) is 11.4. The molecule has 2 bridgehead atoms. The molecule has 4 aliphatic rings. The first-order valence-corrected chi connectivity index (χ1v) is 9.80. The lowest BCUT2D eigenvalue weighted by molar-refractivity contribution is -0.180. The zero-order valence-corrected chi connectivity index (χ0v) is 15.4. The summed E-state index contributed by atoms with van der Waals surface area (Å²) in [5.74, 6) is 1.71. The third kappa shape index (κ3) is 1.97.